The van der Waals surface area contributed by atoms with Gasteiger partial charge >= 0.3 is 11.9 Å². The number of methoxy groups -OCH3 is 2. The van der Waals surface area contributed by atoms with Crippen LogP contribution in [0.5, 0.6) is 0 Å². The van der Waals surface area contributed by atoms with Crippen LogP contribution in [0.2, 0.25) is 0 Å². The topological polar surface area (TPSA) is 128 Å². The van der Waals surface area contributed by atoms with Crippen LogP contribution in [0, 0.1) is 0 Å². The number of anilines is 1. The van der Waals surface area contributed by atoms with Gasteiger partial charge in [-0.1, -0.05) is 48.5 Å². The van der Waals surface area contributed by atoms with Gasteiger partial charge in [-0.25, -0.2) is 18.0 Å². The second-order valence-electron chi connectivity index (χ2n) is 7.45. The molecule has 2 N–H and O–H groups in total. The molecule has 35 heavy (non-hydrogen) atoms. The number of benzene rings is 3. The molecule has 0 radical (unpaired) electrons. The van der Waals surface area contributed by atoms with Gasteiger partial charge < -0.3 is 14.8 Å². The van der Waals surface area contributed by atoms with Crippen LogP contribution in [0.25, 0.3) is 0 Å². The monoisotopic (exact) mass is 496 g/mol. The fourth-order valence-electron chi connectivity index (χ4n) is 3.29. The highest BCUT2D eigenvalue weighted by Gasteiger charge is 2.27. The van der Waals surface area contributed by atoms with E-state index in [0.29, 0.717) is 0 Å². The summed E-state index contributed by atoms with van der Waals surface area (Å²) in [6.45, 7) is 0. The summed E-state index contributed by atoms with van der Waals surface area (Å²) in [4.78, 5) is 37.4. The SMILES string of the molecule is COC(=O)c1cc(NC(=O)[C@H](Cc2ccccc2)NS(=O)(=O)c2ccccc2)cc(C(=O)OC)c1. The first kappa shape index (κ1) is 25.6. The van der Waals surface area contributed by atoms with Gasteiger partial charge in [-0.3, -0.25) is 4.79 Å². The van der Waals surface area contributed by atoms with Crippen molar-refractivity contribution in [2.45, 2.75) is 17.4 Å². The minimum Gasteiger partial charge on any atom is -0.465 e. The van der Waals surface area contributed by atoms with Crippen molar-refractivity contribution in [3.8, 4) is 0 Å². The number of carbonyl (C=O) groups excluding carboxylic acids is 3. The summed E-state index contributed by atoms with van der Waals surface area (Å²) < 4.78 is 37.8. The van der Waals surface area contributed by atoms with Gasteiger partial charge in [0.05, 0.1) is 30.2 Å². The summed E-state index contributed by atoms with van der Waals surface area (Å²) in [5.41, 5.74) is 0.836. The lowest BCUT2D eigenvalue weighted by molar-refractivity contribution is -0.117. The van der Waals surface area contributed by atoms with E-state index in [0.717, 1.165) is 5.56 Å². The molecule has 0 aromatic heterocycles. The van der Waals surface area contributed by atoms with E-state index in [-0.39, 0.29) is 28.1 Å². The molecule has 0 heterocycles. The number of rotatable bonds is 9. The van der Waals surface area contributed by atoms with E-state index >= 15 is 0 Å². The number of hydrogen-bond acceptors (Lipinski definition) is 7. The minimum atomic E-state index is -4.03. The van der Waals surface area contributed by atoms with Crippen molar-refractivity contribution in [2.24, 2.45) is 0 Å². The number of hydrogen-bond donors (Lipinski definition) is 2. The maximum absolute atomic E-state index is 13.3. The molecular formula is C25H24N2O7S. The first-order chi connectivity index (χ1) is 16.7. The summed E-state index contributed by atoms with van der Waals surface area (Å²) in [5, 5.41) is 2.59. The summed E-state index contributed by atoms with van der Waals surface area (Å²) in [6.07, 6.45) is 0.0548. The van der Waals surface area contributed by atoms with E-state index in [2.05, 4.69) is 10.0 Å². The standard InChI is InChI=1S/C25H24N2O7S/c1-33-24(29)18-14-19(25(30)34-2)16-20(15-18)26-23(28)22(13-17-9-5-3-6-10-17)27-35(31,32)21-11-7-4-8-12-21/h3-12,14-16,22,27H,13H2,1-2H3,(H,26,28)/t22-/m0/s1. The lowest BCUT2D eigenvalue weighted by Crippen LogP contribution is -2.45. The van der Waals surface area contributed by atoms with Crippen LogP contribution >= 0.6 is 0 Å². The summed E-state index contributed by atoms with van der Waals surface area (Å²) in [6, 6.07) is 19.3. The zero-order valence-electron chi connectivity index (χ0n) is 19.1. The van der Waals surface area contributed by atoms with Gasteiger partial charge in [-0.05, 0) is 42.3 Å². The number of esters is 2. The lowest BCUT2D eigenvalue weighted by atomic mass is 10.1. The molecule has 0 saturated carbocycles. The molecule has 1 atom stereocenters. The van der Waals surface area contributed by atoms with Crippen LogP contribution in [0.4, 0.5) is 5.69 Å². The van der Waals surface area contributed by atoms with Crippen LogP contribution in [0.3, 0.4) is 0 Å². The van der Waals surface area contributed by atoms with Crippen molar-refractivity contribution in [3.63, 3.8) is 0 Å². The van der Waals surface area contributed by atoms with Gasteiger partial charge in [0.2, 0.25) is 15.9 Å². The average molecular weight is 497 g/mol. The third kappa shape index (κ3) is 6.75. The van der Waals surface area contributed by atoms with E-state index in [9.17, 15) is 22.8 Å². The molecule has 0 aliphatic heterocycles. The molecule has 0 saturated heterocycles. The van der Waals surface area contributed by atoms with Gasteiger partial charge in [0, 0.05) is 5.69 Å². The number of ether oxygens (including phenoxy) is 2. The number of carbonyl (C=O) groups is 3. The molecule has 0 aliphatic rings. The third-order valence-electron chi connectivity index (χ3n) is 4.99. The molecule has 0 aliphatic carbocycles. The quantitative estimate of drug-likeness (QED) is 0.436. The van der Waals surface area contributed by atoms with Gasteiger partial charge in [0.25, 0.3) is 0 Å². The summed E-state index contributed by atoms with van der Waals surface area (Å²) in [5.74, 6) is -2.14. The van der Waals surface area contributed by atoms with Crippen LogP contribution in [0.1, 0.15) is 26.3 Å². The van der Waals surface area contributed by atoms with Crippen molar-refractivity contribution in [1.82, 2.24) is 4.72 Å². The molecule has 3 aromatic carbocycles. The summed E-state index contributed by atoms with van der Waals surface area (Å²) in [7, 11) is -1.67. The molecule has 9 nitrogen and oxygen atoms in total. The van der Waals surface area contributed by atoms with Crippen molar-refractivity contribution in [3.05, 3.63) is 95.6 Å². The average Bonchev–Trinajstić information content (AvgIpc) is 2.88. The Morgan fingerprint density at radius 3 is 1.83 bits per heavy atom. The molecule has 0 unspecified atom stereocenters. The Hall–Kier alpha value is -4.02. The zero-order chi connectivity index (χ0) is 25.4. The maximum atomic E-state index is 13.3. The summed E-state index contributed by atoms with van der Waals surface area (Å²) >= 11 is 0. The molecule has 3 aromatic rings. The van der Waals surface area contributed by atoms with E-state index in [4.69, 9.17) is 9.47 Å². The molecule has 10 heteroatoms. The molecule has 0 fully saturated rings. The third-order valence-corrected chi connectivity index (χ3v) is 6.48. The Labute approximate surface area is 203 Å². The fraction of sp³-hybridized carbons (Fsp3) is 0.160. The lowest BCUT2D eigenvalue weighted by Gasteiger charge is -2.19. The van der Waals surface area contributed by atoms with Crippen LogP contribution in [-0.2, 0) is 30.7 Å². The first-order valence-electron chi connectivity index (χ1n) is 10.5. The number of sulfonamides is 1. The van der Waals surface area contributed by atoms with Crippen molar-refractivity contribution < 1.29 is 32.3 Å². The predicted octanol–water partition coefficient (Wildman–Crippen LogP) is 2.79. The van der Waals surface area contributed by atoms with Crippen LogP contribution in [-0.4, -0.2) is 46.5 Å². The largest absolute Gasteiger partial charge is 0.465 e. The Kier molecular flexibility index (Phi) is 8.34. The van der Waals surface area contributed by atoms with Crippen molar-refractivity contribution >= 4 is 33.6 Å². The van der Waals surface area contributed by atoms with Gasteiger partial charge in [-0.2, -0.15) is 4.72 Å². The second kappa shape index (κ2) is 11.4. The van der Waals surface area contributed by atoms with E-state index in [1.54, 1.807) is 48.5 Å². The molecule has 1 amide bonds. The number of amides is 1. The molecule has 0 bridgehead atoms. The van der Waals surface area contributed by atoms with E-state index in [1.807, 2.05) is 0 Å². The highest BCUT2D eigenvalue weighted by atomic mass is 32.2. The van der Waals surface area contributed by atoms with Crippen molar-refractivity contribution in [2.75, 3.05) is 19.5 Å². The highest BCUT2D eigenvalue weighted by Crippen LogP contribution is 2.19. The van der Waals surface area contributed by atoms with E-state index < -0.39 is 33.9 Å². The van der Waals surface area contributed by atoms with Gasteiger partial charge in [0.15, 0.2) is 0 Å². The second-order valence-corrected chi connectivity index (χ2v) is 9.16. The highest BCUT2D eigenvalue weighted by molar-refractivity contribution is 7.89. The smallest absolute Gasteiger partial charge is 0.337 e. The van der Waals surface area contributed by atoms with Gasteiger partial charge in [-0.15, -0.1) is 0 Å². The Balaban J connectivity index is 1.94. The first-order valence-corrected chi connectivity index (χ1v) is 12.0. The van der Waals surface area contributed by atoms with Crippen LogP contribution < -0.4 is 10.0 Å². The fourth-order valence-corrected chi connectivity index (χ4v) is 4.51. The maximum Gasteiger partial charge on any atom is 0.337 e. The normalized spacial score (nSPS) is 11.8. The van der Waals surface area contributed by atoms with Gasteiger partial charge in [0.1, 0.15) is 6.04 Å². The Bertz CT molecular complexity index is 1280. The van der Waals surface area contributed by atoms with Crippen LogP contribution in [0.15, 0.2) is 83.8 Å². The van der Waals surface area contributed by atoms with Crippen molar-refractivity contribution in [1.29, 1.82) is 0 Å². The molecule has 0 spiro atoms. The zero-order valence-corrected chi connectivity index (χ0v) is 19.9. The minimum absolute atomic E-state index is 0.00604. The molecule has 182 valence electrons. The molecular weight excluding hydrogens is 472 g/mol. The Morgan fingerprint density at radius 2 is 1.31 bits per heavy atom. The predicted molar refractivity (Wildman–Crippen MR) is 128 cm³/mol. The number of nitrogens with one attached hydrogen (secondary N) is 2. The Morgan fingerprint density at radius 1 is 0.800 bits per heavy atom. The molecule has 3 rings (SSSR count). The van der Waals surface area contributed by atoms with E-state index in [1.165, 1.54) is 44.6 Å².